The summed E-state index contributed by atoms with van der Waals surface area (Å²) in [5, 5.41) is 2.71. The van der Waals surface area contributed by atoms with E-state index in [1.54, 1.807) is 0 Å². The molecule has 0 saturated carbocycles. The van der Waals surface area contributed by atoms with Crippen molar-refractivity contribution in [3.63, 3.8) is 0 Å². The molecule has 0 spiro atoms. The molecule has 90 valence electrons. The molecule has 18 heavy (non-hydrogen) atoms. The minimum absolute atomic E-state index is 0.0541. The first-order chi connectivity index (χ1) is 8.72. The van der Waals surface area contributed by atoms with Gasteiger partial charge in [0.2, 0.25) is 0 Å². The van der Waals surface area contributed by atoms with E-state index < -0.39 is 0 Å². The minimum Gasteiger partial charge on any atom is -0.480 e. The zero-order valence-electron chi connectivity index (χ0n) is 9.93. The van der Waals surface area contributed by atoms with E-state index in [0.717, 1.165) is 11.3 Å². The summed E-state index contributed by atoms with van der Waals surface area (Å²) in [5.41, 5.74) is 3.04. The number of fused-ring (bicyclic) bond motifs is 1. The number of benzene rings is 1. The van der Waals surface area contributed by atoms with Crippen molar-refractivity contribution in [3.8, 4) is 17.0 Å². The summed E-state index contributed by atoms with van der Waals surface area (Å²) in [6, 6.07) is 11.8. The first kappa shape index (κ1) is 10.8. The number of carbonyl (C=O) groups excluding carboxylic acids is 1. The third-order valence-electron chi connectivity index (χ3n) is 2.82. The molecule has 0 fully saturated rings. The number of pyridine rings is 1. The predicted octanol–water partition coefficient (Wildman–Crippen LogP) is 2.39. The standard InChI is InChI=1S/C14H12N2O2/c1-9-2-4-10(5-3-9)11-6-7-12-14(15-11)16-13(17)8-18-12/h2-7H,8H2,1H3,(H,15,16,17). The summed E-state index contributed by atoms with van der Waals surface area (Å²) in [6.45, 7) is 2.09. The molecule has 2 heterocycles. The molecule has 0 bridgehead atoms. The van der Waals surface area contributed by atoms with Crippen LogP contribution < -0.4 is 10.1 Å². The number of amides is 1. The smallest absolute Gasteiger partial charge is 0.263 e. The number of nitrogens with one attached hydrogen (secondary N) is 1. The van der Waals surface area contributed by atoms with Crippen LogP contribution >= 0.6 is 0 Å². The van der Waals surface area contributed by atoms with Crippen molar-refractivity contribution < 1.29 is 9.53 Å². The Morgan fingerprint density at radius 3 is 2.72 bits per heavy atom. The highest BCUT2D eigenvalue weighted by Gasteiger charge is 2.17. The maximum atomic E-state index is 11.2. The molecule has 2 aromatic rings. The van der Waals surface area contributed by atoms with Gasteiger partial charge >= 0.3 is 0 Å². The van der Waals surface area contributed by atoms with Crippen LogP contribution in [0.1, 0.15) is 5.56 Å². The topological polar surface area (TPSA) is 51.2 Å². The molecule has 1 aliphatic rings. The van der Waals surface area contributed by atoms with Gasteiger partial charge in [-0.3, -0.25) is 4.79 Å². The lowest BCUT2D eigenvalue weighted by Crippen LogP contribution is -2.26. The lowest BCUT2D eigenvalue weighted by molar-refractivity contribution is -0.118. The fourth-order valence-electron chi connectivity index (χ4n) is 1.85. The molecule has 1 N–H and O–H groups in total. The summed E-state index contributed by atoms with van der Waals surface area (Å²) in [5.74, 6) is 0.936. The number of aromatic nitrogens is 1. The largest absolute Gasteiger partial charge is 0.480 e. The van der Waals surface area contributed by atoms with Gasteiger partial charge in [-0.05, 0) is 19.1 Å². The second-order valence-corrected chi connectivity index (χ2v) is 4.25. The Balaban J connectivity index is 2.01. The lowest BCUT2D eigenvalue weighted by atomic mass is 10.1. The van der Waals surface area contributed by atoms with Crippen LogP contribution in [0.3, 0.4) is 0 Å². The number of aryl methyl sites for hydroxylation is 1. The van der Waals surface area contributed by atoms with Crippen molar-refractivity contribution in [2.45, 2.75) is 6.92 Å². The highest BCUT2D eigenvalue weighted by molar-refractivity contribution is 5.94. The quantitative estimate of drug-likeness (QED) is 0.832. The highest BCUT2D eigenvalue weighted by Crippen LogP contribution is 2.29. The maximum Gasteiger partial charge on any atom is 0.263 e. The lowest BCUT2D eigenvalue weighted by Gasteiger charge is -2.17. The molecule has 4 nitrogen and oxygen atoms in total. The van der Waals surface area contributed by atoms with Crippen molar-refractivity contribution in [1.82, 2.24) is 4.98 Å². The predicted molar refractivity (Wildman–Crippen MR) is 68.5 cm³/mol. The molecular weight excluding hydrogens is 228 g/mol. The Morgan fingerprint density at radius 1 is 1.17 bits per heavy atom. The number of nitrogens with zero attached hydrogens (tertiary/aromatic N) is 1. The Kier molecular flexibility index (Phi) is 2.48. The average molecular weight is 240 g/mol. The van der Waals surface area contributed by atoms with E-state index in [4.69, 9.17) is 4.74 Å². The van der Waals surface area contributed by atoms with Crippen molar-refractivity contribution >= 4 is 11.7 Å². The van der Waals surface area contributed by atoms with Crippen LogP contribution in [-0.2, 0) is 4.79 Å². The van der Waals surface area contributed by atoms with Crippen LogP contribution in [0.25, 0.3) is 11.3 Å². The molecule has 0 atom stereocenters. The van der Waals surface area contributed by atoms with Gasteiger partial charge in [-0.2, -0.15) is 0 Å². The van der Waals surface area contributed by atoms with Crippen LogP contribution in [0.15, 0.2) is 36.4 Å². The van der Waals surface area contributed by atoms with Crippen LogP contribution in [0, 0.1) is 6.92 Å². The van der Waals surface area contributed by atoms with Crippen LogP contribution in [0.5, 0.6) is 5.75 Å². The van der Waals surface area contributed by atoms with Gasteiger partial charge in [-0.25, -0.2) is 4.98 Å². The Morgan fingerprint density at radius 2 is 1.94 bits per heavy atom. The molecule has 4 heteroatoms. The fraction of sp³-hybridized carbons (Fsp3) is 0.143. The van der Waals surface area contributed by atoms with Gasteiger partial charge in [0, 0.05) is 5.56 Å². The Hall–Kier alpha value is -2.36. The van der Waals surface area contributed by atoms with E-state index in [9.17, 15) is 4.79 Å². The molecule has 1 aliphatic heterocycles. The third kappa shape index (κ3) is 1.93. The van der Waals surface area contributed by atoms with Gasteiger partial charge in [-0.1, -0.05) is 29.8 Å². The first-order valence-electron chi connectivity index (χ1n) is 5.73. The number of hydrogen-bond acceptors (Lipinski definition) is 3. The Bertz CT molecular complexity index is 606. The zero-order valence-corrected chi connectivity index (χ0v) is 9.93. The van der Waals surface area contributed by atoms with Gasteiger partial charge in [0.1, 0.15) is 0 Å². The highest BCUT2D eigenvalue weighted by atomic mass is 16.5. The van der Waals surface area contributed by atoms with Crippen molar-refractivity contribution in [2.24, 2.45) is 0 Å². The zero-order chi connectivity index (χ0) is 12.5. The van der Waals surface area contributed by atoms with E-state index in [2.05, 4.69) is 10.3 Å². The normalized spacial score (nSPS) is 13.5. The molecule has 0 aliphatic carbocycles. The SMILES string of the molecule is Cc1ccc(-c2ccc3c(n2)NC(=O)CO3)cc1. The van der Waals surface area contributed by atoms with Gasteiger partial charge in [-0.15, -0.1) is 0 Å². The monoisotopic (exact) mass is 240 g/mol. The molecule has 1 aromatic heterocycles. The first-order valence-corrected chi connectivity index (χ1v) is 5.73. The summed E-state index contributed by atoms with van der Waals surface area (Å²) in [4.78, 5) is 15.6. The molecule has 0 radical (unpaired) electrons. The molecule has 0 unspecified atom stereocenters. The van der Waals surface area contributed by atoms with Crippen molar-refractivity contribution in [1.29, 1.82) is 0 Å². The Labute approximate surface area is 105 Å². The second-order valence-electron chi connectivity index (χ2n) is 4.25. The van der Waals surface area contributed by atoms with Crippen molar-refractivity contribution in [2.75, 3.05) is 11.9 Å². The maximum absolute atomic E-state index is 11.2. The number of ether oxygens (including phenoxy) is 1. The van der Waals surface area contributed by atoms with Gasteiger partial charge < -0.3 is 10.1 Å². The summed E-state index contributed by atoms with van der Waals surface area (Å²) < 4.78 is 5.27. The van der Waals surface area contributed by atoms with Gasteiger partial charge in [0.05, 0.1) is 5.69 Å². The second kappa shape index (κ2) is 4.14. The van der Waals surface area contributed by atoms with Gasteiger partial charge in [0.15, 0.2) is 18.2 Å². The summed E-state index contributed by atoms with van der Waals surface area (Å²) in [6.07, 6.45) is 0. The van der Waals surface area contributed by atoms with Crippen LogP contribution in [-0.4, -0.2) is 17.5 Å². The molecular formula is C14H12N2O2. The summed E-state index contributed by atoms with van der Waals surface area (Å²) in [7, 11) is 0. The number of rotatable bonds is 1. The van der Waals surface area contributed by atoms with Gasteiger partial charge in [0.25, 0.3) is 5.91 Å². The van der Waals surface area contributed by atoms with Crippen LogP contribution in [0.2, 0.25) is 0 Å². The van der Waals surface area contributed by atoms with E-state index in [-0.39, 0.29) is 12.5 Å². The fourth-order valence-corrected chi connectivity index (χ4v) is 1.85. The molecule has 3 rings (SSSR count). The van der Waals surface area contributed by atoms with Crippen molar-refractivity contribution in [3.05, 3.63) is 42.0 Å². The number of anilines is 1. The number of hydrogen-bond donors (Lipinski definition) is 1. The van der Waals surface area contributed by atoms with E-state index in [1.165, 1.54) is 5.56 Å². The molecule has 1 aromatic carbocycles. The van der Waals surface area contributed by atoms with E-state index >= 15 is 0 Å². The molecule has 1 amide bonds. The van der Waals surface area contributed by atoms with E-state index in [0.29, 0.717) is 11.6 Å². The molecule has 0 saturated heterocycles. The number of carbonyl (C=O) groups is 1. The minimum atomic E-state index is -0.170. The van der Waals surface area contributed by atoms with Crippen LogP contribution in [0.4, 0.5) is 5.82 Å². The third-order valence-corrected chi connectivity index (χ3v) is 2.82. The average Bonchev–Trinajstić information content (AvgIpc) is 2.38. The summed E-state index contributed by atoms with van der Waals surface area (Å²) >= 11 is 0. The van der Waals surface area contributed by atoms with E-state index in [1.807, 2.05) is 43.3 Å².